The van der Waals surface area contributed by atoms with Gasteiger partial charge in [-0.3, -0.25) is 9.20 Å². The van der Waals surface area contributed by atoms with E-state index in [0.717, 1.165) is 45.3 Å². The second-order valence-electron chi connectivity index (χ2n) is 8.36. The molecule has 34 heavy (non-hydrogen) atoms. The van der Waals surface area contributed by atoms with Gasteiger partial charge in [0, 0.05) is 31.4 Å². The lowest BCUT2D eigenvalue weighted by Gasteiger charge is -2.35. The van der Waals surface area contributed by atoms with Gasteiger partial charge in [-0.25, -0.2) is 15.0 Å². The number of fused-ring (bicyclic) bond motifs is 1. The van der Waals surface area contributed by atoms with Gasteiger partial charge in [-0.15, -0.1) is 11.3 Å². The summed E-state index contributed by atoms with van der Waals surface area (Å²) in [7, 11) is 0. The van der Waals surface area contributed by atoms with Crippen molar-refractivity contribution < 1.29 is 18.0 Å². The first kappa shape index (κ1) is 22.5. The summed E-state index contributed by atoms with van der Waals surface area (Å²) in [6.45, 7) is 2.46. The molecule has 4 heterocycles. The Bertz CT molecular complexity index is 1330. The van der Waals surface area contributed by atoms with E-state index >= 15 is 0 Å². The van der Waals surface area contributed by atoms with Crippen molar-refractivity contribution in [3.8, 4) is 10.4 Å². The Hall–Kier alpha value is -3.27. The highest BCUT2D eigenvalue weighted by atomic mass is 32.1. The molecule has 176 valence electrons. The van der Waals surface area contributed by atoms with Crippen LogP contribution in [0.25, 0.3) is 16.1 Å². The van der Waals surface area contributed by atoms with Crippen LogP contribution in [0.4, 0.5) is 13.2 Å². The number of piperidine rings is 1. The van der Waals surface area contributed by atoms with Gasteiger partial charge in [0.2, 0.25) is 5.82 Å². The van der Waals surface area contributed by atoms with Gasteiger partial charge in [-0.1, -0.05) is 30.3 Å². The molecule has 0 unspecified atom stereocenters. The maximum Gasteiger partial charge on any atom is 0.450 e. The number of carbonyl (C=O) groups is 1. The fourth-order valence-electron chi connectivity index (χ4n) is 4.49. The Balaban J connectivity index is 1.45. The summed E-state index contributed by atoms with van der Waals surface area (Å²) in [5.74, 6) is -1.15. The van der Waals surface area contributed by atoms with E-state index in [2.05, 4.69) is 15.0 Å². The summed E-state index contributed by atoms with van der Waals surface area (Å²) in [6, 6.07) is 11.0. The minimum atomic E-state index is -4.58. The van der Waals surface area contributed by atoms with E-state index in [9.17, 15) is 18.0 Å². The van der Waals surface area contributed by atoms with E-state index in [0.29, 0.717) is 24.4 Å². The van der Waals surface area contributed by atoms with Crippen LogP contribution in [-0.2, 0) is 12.6 Å². The molecule has 1 aromatic carbocycles. The zero-order valence-corrected chi connectivity index (χ0v) is 19.2. The van der Waals surface area contributed by atoms with Crippen molar-refractivity contribution in [1.29, 1.82) is 0 Å². The van der Waals surface area contributed by atoms with Crippen LogP contribution in [0.2, 0.25) is 0 Å². The highest BCUT2D eigenvalue weighted by Crippen LogP contribution is 2.33. The van der Waals surface area contributed by atoms with Gasteiger partial charge in [0.1, 0.15) is 11.3 Å². The topological polar surface area (TPSA) is 63.4 Å². The predicted molar refractivity (Wildman–Crippen MR) is 123 cm³/mol. The lowest BCUT2D eigenvalue weighted by molar-refractivity contribution is -0.145. The van der Waals surface area contributed by atoms with E-state index in [1.54, 1.807) is 0 Å². The number of alkyl halides is 3. The molecule has 3 aromatic heterocycles. The van der Waals surface area contributed by atoms with Gasteiger partial charge in [0.15, 0.2) is 0 Å². The smallest absolute Gasteiger partial charge is 0.334 e. The van der Waals surface area contributed by atoms with Crippen LogP contribution in [0.1, 0.15) is 46.3 Å². The highest BCUT2D eigenvalue weighted by molar-refractivity contribution is 7.15. The molecule has 1 atom stereocenters. The maximum atomic E-state index is 13.7. The zero-order chi connectivity index (χ0) is 23.9. The summed E-state index contributed by atoms with van der Waals surface area (Å²) >= 11 is 1.48. The number of imidazole rings is 1. The average molecular weight is 486 g/mol. The molecule has 1 aliphatic rings. The van der Waals surface area contributed by atoms with Gasteiger partial charge < -0.3 is 4.90 Å². The molecule has 0 radical (unpaired) electrons. The van der Waals surface area contributed by atoms with E-state index in [-0.39, 0.29) is 17.6 Å². The number of hydrogen-bond donors (Lipinski definition) is 0. The van der Waals surface area contributed by atoms with E-state index in [4.69, 9.17) is 0 Å². The fourth-order valence-corrected chi connectivity index (χ4v) is 5.41. The van der Waals surface area contributed by atoms with Crippen molar-refractivity contribution >= 4 is 22.9 Å². The average Bonchev–Trinajstić information content (AvgIpc) is 3.41. The zero-order valence-electron chi connectivity index (χ0n) is 18.4. The van der Waals surface area contributed by atoms with Crippen molar-refractivity contribution in [3.63, 3.8) is 0 Å². The first-order valence-corrected chi connectivity index (χ1v) is 11.9. The number of aromatic nitrogens is 4. The Morgan fingerprint density at radius 3 is 2.71 bits per heavy atom. The third kappa shape index (κ3) is 4.29. The summed E-state index contributed by atoms with van der Waals surface area (Å²) in [5.41, 5.74) is 2.06. The number of hydrogen-bond acceptors (Lipinski definition) is 5. The van der Waals surface area contributed by atoms with Crippen LogP contribution in [0.3, 0.4) is 0 Å². The lowest BCUT2D eigenvalue weighted by Crippen LogP contribution is -2.45. The standard InChI is InChI=1S/C24H22F3N5OS/c1-15-29-20(21(34-15)16-7-3-2-4-8-16)22(33)31-12-6-5-9-18(31)13-17-14-32-19(30-17)10-11-28-23(32)24(25,26)27/h2-4,7-8,10-11,14,18H,5-6,9,12-13H2,1H3/t18-/m0/s1. The molecule has 1 saturated heterocycles. The monoisotopic (exact) mass is 485 g/mol. The number of amides is 1. The van der Waals surface area contributed by atoms with Crippen LogP contribution in [0, 0.1) is 6.92 Å². The Morgan fingerprint density at radius 1 is 1.15 bits per heavy atom. The Kier molecular flexibility index (Phi) is 5.85. The van der Waals surface area contributed by atoms with Crippen molar-refractivity contribution in [3.05, 3.63) is 71.0 Å². The first-order chi connectivity index (χ1) is 16.3. The maximum absolute atomic E-state index is 13.7. The van der Waals surface area contributed by atoms with E-state index in [1.165, 1.54) is 23.6 Å². The molecule has 6 nitrogen and oxygen atoms in total. The minimum absolute atomic E-state index is 0.144. The summed E-state index contributed by atoms with van der Waals surface area (Å²) < 4.78 is 41.0. The van der Waals surface area contributed by atoms with E-state index < -0.39 is 12.0 Å². The predicted octanol–water partition coefficient (Wildman–Crippen LogP) is 5.42. The van der Waals surface area contributed by atoms with E-state index in [1.807, 2.05) is 42.2 Å². The Labute approximate surface area is 198 Å². The third-order valence-corrected chi connectivity index (χ3v) is 7.01. The number of thiazole rings is 1. The van der Waals surface area contributed by atoms with Crippen molar-refractivity contribution in [2.24, 2.45) is 0 Å². The fraction of sp³-hybridized carbons (Fsp3) is 0.333. The number of halogens is 3. The molecule has 4 aromatic rings. The molecule has 10 heteroatoms. The molecule has 0 bridgehead atoms. The minimum Gasteiger partial charge on any atom is -0.334 e. The molecule has 0 N–H and O–H groups in total. The first-order valence-electron chi connectivity index (χ1n) is 11.1. The van der Waals surface area contributed by atoms with Crippen molar-refractivity contribution in [2.45, 2.75) is 44.8 Å². The van der Waals surface area contributed by atoms with Crippen LogP contribution >= 0.6 is 11.3 Å². The molecular formula is C24H22F3N5OS. The number of rotatable bonds is 4. The highest BCUT2D eigenvalue weighted by Gasteiger charge is 2.36. The third-order valence-electron chi connectivity index (χ3n) is 5.99. The number of likely N-dealkylation sites (tertiary alicyclic amines) is 1. The summed E-state index contributed by atoms with van der Waals surface area (Å²) in [4.78, 5) is 28.7. The summed E-state index contributed by atoms with van der Waals surface area (Å²) in [5, 5.41) is 0.809. The number of carbonyl (C=O) groups excluding carboxylic acids is 1. The number of aryl methyl sites for hydroxylation is 1. The molecule has 0 aliphatic carbocycles. The van der Waals surface area contributed by atoms with Crippen LogP contribution in [0.15, 0.2) is 48.8 Å². The molecule has 1 aliphatic heterocycles. The van der Waals surface area contributed by atoms with Gasteiger partial charge in [-0.2, -0.15) is 13.2 Å². The summed E-state index contributed by atoms with van der Waals surface area (Å²) in [6.07, 6.45) is 0.854. The second kappa shape index (κ2) is 8.83. The Morgan fingerprint density at radius 2 is 1.94 bits per heavy atom. The normalized spacial score (nSPS) is 16.8. The molecular weight excluding hydrogens is 463 g/mol. The molecule has 5 rings (SSSR count). The molecule has 1 amide bonds. The largest absolute Gasteiger partial charge is 0.450 e. The molecule has 1 fully saturated rings. The number of nitrogens with zero attached hydrogens (tertiary/aromatic N) is 5. The molecule has 0 saturated carbocycles. The SMILES string of the molecule is Cc1nc(C(=O)N2CCCC[C@H]2Cc2cn3c(C(F)(F)F)nccc3n2)c(-c2ccccc2)s1. The van der Waals surface area contributed by atoms with Gasteiger partial charge >= 0.3 is 6.18 Å². The second-order valence-corrected chi connectivity index (χ2v) is 9.56. The van der Waals surface area contributed by atoms with Crippen molar-refractivity contribution in [1.82, 2.24) is 24.3 Å². The van der Waals surface area contributed by atoms with Crippen molar-refractivity contribution in [2.75, 3.05) is 6.54 Å². The van der Waals surface area contributed by atoms with Gasteiger partial charge in [-0.05, 0) is 37.8 Å². The van der Waals surface area contributed by atoms with Crippen LogP contribution < -0.4 is 0 Å². The lowest BCUT2D eigenvalue weighted by atomic mass is 9.97. The molecule has 0 spiro atoms. The van der Waals surface area contributed by atoms with Crippen LogP contribution in [0.5, 0.6) is 0 Å². The quantitative estimate of drug-likeness (QED) is 0.387. The van der Waals surface area contributed by atoms with Gasteiger partial charge in [0.05, 0.1) is 15.6 Å². The van der Waals surface area contributed by atoms with Gasteiger partial charge in [0.25, 0.3) is 5.91 Å². The number of benzene rings is 1. The van der Waals surface area contributed by atoms with Crippen LogP contribution in [-0.4, -0.2) is 42.7 Å².